The number of nitrogens with zero attached hydrogens (tertiary/aromatic N) is 3. The summed E-state index contributed by atoms with van der Waals surface area (Å²) in [5.41, 5.74) is 0.886. The summed E-state index contributed by atoms with van der Waals surface area (Å²) in [4.78, 5) is 35.7. The Balaban J connectivity index is 0.000000944. The third kappa shape index (κ3) is 11.1. The number of methoxy groups -OCH3 is 1. The average Bonchev–Trinajstić information content (AvgIpc) is 3.29. The lowest BCUT2D eigenvalue weighted by molar-refractivity contribution is -0.192. The van der Waals surface area contributed by atoms with Gasteiger partial charge in [0, 0.05) is 38.4 Å². The number of aryl methyl sites for hydroxylation is 2. The van der Waals surface area contributed by atoms with Crippen molar-refractivity contribution in [3.63, 3.8) is 0 Å². The second-order valence-corrected chi connectivity index (χ2v) is 13.3. The zero-order chi connectivity index (χ0) is 38.8. The van der Waals surface area contributed by atoms with Gasteiger partial charge in [-0.05, 0) is 64.2 Å². The molecule has 0 saturated heterocycles. The van der Waals surface area contributed by atoms with E-state index in [0.29, 0.717) is 41.5 Å². The number of carboxylic acids is 1. The summed E-state index contributed by atoms with van der Waals surface area (Å²) in [6.07, 6.45) is -2.45. The average molecular weight is 755 g/mol. The number of halogens is 3. The lowest BCUT2D eigenvalue weighted by Gasteiger charge is -2.17. The number of sulfonamides is 1. The van der Waals surface area contributed by atoms with Crippen LogP contribution in [0.25, 0.3) is 11.0 Å². The summed E-state index contributed by atoms with van der Waals surface area (Å²) in [5.74, 6) is -1.86. The topological polar surface area (TPSA) is 168 Å². The number of aromatic nitrogens is 2. The Morgan fingerprint density at radius 2 is 1.48 bits per heavy atom. The van der Waals surface area contributed by atoms with Crippen LogP contribution in [-0.2, 0) is 33.7 Å². The minimum absolute atomic E-state index is 0.0795. The van der Waals surface area contributed by atoms with E-state index in [2.05, 4.69) is 9.62 Å². The Bertz CT molecular complexity index is 2040. The number of unbranched alkanes of at least 4 members (excludes halogenated alkanes) is 1. The summed E-state index contributed by atoms with van der Waals surface area (Å²) in [6, 6.07) is 13.8. The van der Waals surface area contributed by atoms with Crippen molar-refractivity contribution in [3.05, 3.63) is 70.6 Å². The van der Waals surface area contributed by atoms with E-state index >= 15 is 0 Å². The Morgan fingerprint density at radius 3 is 2.04 bits per heavy atom. The highest BCUT2D eigenvalue weighted by Crippen LogP contribution is 2.38. The first-order valence-electron chi connectivity index (χ1n) is 15.8. The number of fused-ring (bicyclic) bond motifs is 1. The first kappa shape index (κ1) is 41.2. The van der Waals surface area contributed by atoms with Crippen LogP contribution in [0.1, 0.15) is 36.5 Å². The van der Waals surface area contributed by atoms with Gasteiger partial charge in [-0.2, -0.15) is 13.2 Å². The van der Waals surface area contributed by atoms with Gasteiger partial charge in [0.05, 0.1) is 47.5 Å². The fourth-order valence-corrected chi connectivity index (χ4v) is 5.75. The molecule has 0 amide bonds. The van der Waals surface area contributed by atoms with Gasteiger partial charge in [-0.3, -0.25) is 13.9 Å². The molecule has 4 aromatic rings. The van der Waals surface area contributed by atoms with Gasteiger partial charge in [0.1, 0.15) is 17.2 Å². The van der Waals surface area contributed by atoms with Crippen molar-refractivity contribution < 1.29 is 55.2 Å². The highest BCUT2D eigenvalue weighted by molar-refractivity contribution is 7.92. The predicted molar refractivity (Wildman–Crippen MR) is 186 cm³/mol. The SMILES string of the molecule is CCCOc1cc(OCCCCN(C)C)cc(Oc2cc3c(cc2NS(=O)(=O)c2cccc(C(=O)OC)c2)n(C)c(=O)n3C)c1.O=C(O)C(F)(F)F. The van der Waals surface area contributed by atoms with E-state index < -0.39 is 28.1 Å². The molecule has 1 heterocycles. The lowest BCUT2D eigenvalue weighted by atomic mass is 10.2. The summed E-state index contributed by atoms with van der Waals surface area (Å²) in [7, 11) is 4.27. The van der Waals surface area contributed by atoms with E-state index in [1.54, 1.807) is 38.4 Å². The second-order valence-electron chi connectivity index (χ2n) is 11.6. The normalized spacial score (nSPS) is 11.5. The first-order chi connectivity index (χ1) is 24.4. The van der Waals surface area contributed by atoms with Crippen molar-refractivity contribution in [1.82, 2.24) is 14.0 Å². The van der Waals surface area contributed by atoms with Crippen molar-refractivity contribution in [2.75, 3.05) is 45.7 Å². The molecule has 0 spiro atoms. The molecule has 14 nitrogen and oxygen atoms in total. The molecule has 52 heavy (non-hydrogen) atoms. The molecule has 0 fully saturated rings. The van der Waals surface area contributed by atoms with Crippen molar-refractivity contribution in [1.29, 1.82) is 0 Å². The van der Waals surface area contributed by atoms with Crippen molar-refractivity contribution >= 4 is 38.7 Å². The number of esters is 1. The zero-order valence-electron chi connectivity index (χ0n) is 29.4. The fraction of sp³-hybridized carbons (Fsp3) is 0.382. The second kappa shape index (κ2) is 17.8. The van der Waals surface area contributed by atoms with E-state index in [9.17, 15) is 31.2 Å². The number of hydrogen-bond donors (Lipinski definition) is 2. The molecule has 4 rings (SSSR count). The molecule has 2 N–H and O–H groups in total. The standard InChI is InChI=1S/C32H40N4O8S.C2HF3O2/c1-7-14-42-23-17-24(43-15-9-8-13-34(2)3)19-25(18-23)44-30-21-29-28(35(4)32(38)36(29)5)20-27(30)33-45(39,40)26-12-10-11-22(16-26)31(37)41-6;3-2(4,5)1(6)7/h10-12,16-21,33H,7-9,13-15H2,1-6H3;(H,6,7). The summed E-state index contributed by atoms with van der Waals surface area (Å²) in [5, 5.41) is 7.12. The molecule has 0 aliphatic rings. The number of carbonyl (C=O) groups is 2. The Morgan fingerprint density at radius 1 is 0.904 bits per heavy atom. The van der Waals surface area contributed by atoms with Crippen LogP contribution >= 0.6 is 0 Å². The number of nitrogens with one attached hydrogen (secondary N) is 1. The van der Waals surface area contributed by atoms with Gasteiger partial charge >= 0.3 is 23.8 Å². The Hall–Kier alpha value is -5.23. The summed E-state index contributed by atoms with van der Waals surface area (Å²) in [6.45, 7) is 3.94. The molecule has 3 aromatic carbocycles. The van der Waals surface area contributed by atoms with Crippen LogP contribution in [-0.4, -0.2) is 86.6 Å². The summed E-state index contributed by atoms with van der Waals surface area (Å²) < 4.78 is 87.3. The van der Waals surface area contributed by atoms with Gasteiger partial charge in [0.15, 0.2) is 5.75 Å². The van der Waals surface area contributed by atoms with Gasteiger partial charge in [-0.1, -0.05) is 13.0 Å². The molecule has 0 unspecified atom stereocenters. The zero-order valence-corrected chi connectivity index (χ0v) is 30.3. The van der Waals surface area contributed by atoms with Crippen LogP contribution < -0.4 is 24.6 Å². The number of benzene rings is 3. The van der Waals surface area contributed by atoms with Gasteiger partial charge in [0.25, 0.3) is 10.0 Å². The molecular formula is C34H41F3N4O10S. The van der Waals surface area contributed by atoms with Crippen molar-refractivity contribution in [2.24, 2.45) is 14.1 Å². The smallest absolute Gasteiger partial charge is 0.490 e. The fourth-order valence-electron chi connectivity index (χ4n) is 4.64. The number of alkyl halides is 3. The maximum Gasteiger partial charge on any atom is 0.490 e. The number of ether oxygens (including phenoxy) is 4. The monoisotopic (exact) mass is 754 g/mol. The largest absolute Gasteiger partial charge is 0.493 e. The predicted octanol–water partition coefficient (Wildman–Crippen LogP) is 5.40. The van der Waals surface area contributed by atoms with Crippen LogP contribution in [0.5, 0.6) is 23.0 Å². The number of carboxylic acid groups (broad SMARTS) is 1. The van der Waals surface area contributed by atoms with E-state index in [-0.39, 0.29) is 27.6 Å². The van der Waals surface area contributed by atoms with Crippen LogP contribution in [0.4, 0.5) is 18.9 Å². The van der Waals surface area contributed by atoms with Gasteiger partial charge in [-0.25, -0.2) is 22.8 Å². The molecule has 284 valence electrons. The maximum atomic E-state index is 13.6. The highest BCUT2D eigenvalue weighted by Gasteiger charge is 2.38. The number of anilines is 1. The number of imidazole rings is 1. The van der Waals surface area contributed by atoms with Gasteiger partial charge in [0.2, 0.25) is 0 Å². The molecule has 0 aliphatic carbocycles. The number of carbonyl (C=O) groups excluding carboxylic acids is 1. The summed E-state index contributed by atoms with van der Waals surface area (Å²) >= 11 is 0. The molecule has 0 bridgehead atoms. The third-order valence-corrected chi connectivity index (χ3v) is 8.61. The van der Waals surface area contributed by atoms with Crippen LogP contribution in [0.15, 0.2) is 64.3 Å². The van der Waals surface area contributed by atoms with Gasteiger partial charge in [-0.15, -0.1) is 0 Å². The molecular weight excluding hydrogens is 713 g/mol. The maximum absolute atomic E-state index is 13.6. The van der Waals surface area contributed by atoms with E-state index in [0.717, 1.165) is 25.8 Å². The molecule has 0 atom stereocenters. The molecule has 0 saturated carbocycles. The lowest BCUT2D eigenvalue weighted by Crippen LogP contribution is -2.21. The number of rotatable bonds is 15. The molecule has 1 aromatic heterocycles. The molecule has 0 aliphatic heterocycles. The molecule has 18 heteroatoms. The minimum Gasteiger partial charge on any atom is -0.493 e. The van der Waals surface area contributed by atoms with Crippen LogP contribution in [0, 0.1) is 0 Å². The quantitative estimate of drug-likeness (QED) is 0.118. The minimum atomic E-state index is -5.08. The first-order valence-corrected chi connectivity index (χ1v) is 17.3. The van der Waals surface area contributed by atoms with E-state index in [4.69, 9.17) is 28.8 Å². The van der Waals surface area contributed by atoms with E-state index in [1.807, 2.05) is 21.0 Å². The third-order valence-electron chi connectivity index (χ3n) is 7.25. The van der Waals surface area contributed by atoms with Crippen LogP contribution in [0.3, 0.4) is 0 Å². The van der Waals surface area contributed by atoms with E-state index in [1.165, 1.54) is 46.6 Å². The van der Waals surface area contributed by atoms with Crippen molar-refractivity contribution in [2.45, 2.75) is 37.3 Å². The van der Waals surface area contributed by atoms with Crippen molar-refractivity contribution in [3.8, 4) is 23.0 Å². The van der Waals surface area contributed by atoms with Crippen LogP contribution in [0.2, 0.25) is 0 Å². The highest BCUT2D eigenvalue weighted by atomic mass is 32.2. The van der Waals surface area contributed by atoms with Gasteiger partial charge < -0.3 is 29.0 Å². The Labute approximate surface area is 298 Å². The Kier molecular flexibility index (Phi) is 14.1. The number of aliphatic carboxylic acids is 1. The molecule has 0 radical (unpaired) electrons. The number of hydrogen-bond acceptors (Lipinski definition) is 10.